The minimum Gasteiger partial charge on any atom is -0.381 e. The van der Waals surface area contributed by atoms with E-state index >= 15 is 0 Å². The number of halogens is 2. The molecule has 0 bridgehead atoms. The Morgan fingerprint density at radius 1 is 1.40 bits per heavy atom. The molecular formula is C11H12ClFN2. The second-order valence-electron chi connectivity index (χ2n) is 3.14. The smallest absolute Gasteiger partial charge is 0.147 e. The van der Waals surface area contributed by atoms with Crippen LogP contribution in [0.5, 0.6) is 0 Å². The summed E-state index contributed by atoms with van der Waals surface area (Å²) in [4.78, 5) is 0. The Morgan fingerprint density at radius 3 is 2.87 bits per heavy atom. The maximum Gasteiger partial charge on any atom is 0.147 e. The number of nitrogens with one attached hydrogen (secondary N) is 1. The summed E-state index contributed by atoms with van der Waals surface area (Å²) >= 11 is 5.81. The number of para-hydroxylation sites is 1. The molecular weight excluding hydrogens is 215 g/mol. The number of nitriles is 1. The quantitative estimate of drug-likeness (QED) is 0.779. The molecule has 0 aliphatic carbocycles. The Bertz CT molecular complexity index is 340. The summed E-state index contributed by atoms with van der Waals surface area (Å²) in [6, 6.07) is 6.63. The number of hydrogen-bond acceptors (Lipinski definition) is 2. The highest BCUT2D eigenvalue weighted by Gasteiger charge is 2.04. The zero-order valence-corrected chi connectivity index (χ0v) is 9.02. The Morgan fingerprint density at radius 2 is 2.20 bits per heavy atom. The van der Waals surface area contributed by atoms with Crippen molar-refractivity contribution in [1.82, 2.24) is 0 Å². The van der Waals surface area contributed by atoms with E-state index < -0.39 is 0 Å². The molecule has 80 valence electrons. The molecule has 15 heavy (non-hydrogen) atoms. The maximum absolute atomic E-state index is 13.2. The van der Waals surface area contributed by atoms with Gasteiger partial charge in [-0.1, -0.05) is 17.7 Å². The lowest BCUT2D eigenvalue weighted by atomic mass is 10.2. The first-order valence-electron chi connectivity index (χ1n) is 4.80. The van der Waals surface area contributed by atoms with Crippen LogP contribution < -0.4 is 5.32 Å². The minimum atomic E-state index is -0.345. The van der Waals surface area contributed by atoms with E-state index in [1.165, 1.54) is 6.07 Å². The fourth-order valence-corrected chi connectivity index (χ4v) is 1.44. The molecule has 0 spiro atoms. The van der Waals surface area contributed by atoms with Crippen molar-refractivity contribution in [1.29, 1.82) is 5.26 Å². The molecule has 2 nitrogen and oxygen atoms in total. The highest BCUT2D eigenvalue weighted by Crippen LogP contribution is 2.24. The first kappa shape index (κ1) is 11.8. The van der Waals surface area contributed by atoms with Gasteiger partial charge in [0.15, 0.2) is 0 Å². The average molecular weight is 227 g/mol. The van der Waals surface area contributed by atoms with Crippen LogP contribution in [0.1, 0.15) is 19.3 Å². The van der Waals surface area contributed by atoms with E-state index in [0.29, 0.717) is 23.7 Å². The van der Waals surface area contributed by atoms with E-state index in [1.54, 1.807) is 12.1 Å². The molecule has 0 unspecified atom stereocenters. The van der Waals surface area contributed by atoms with Crippen LogP contribution in [-0.2, 0) is 0 Å². The van der Waals surface area contributed by atoms with Gasteiger partial charge in [0.05, 0.1) is 16.8 Å². The van der Waals surface area contributed by atoms with Gasteiger partial charge in [0.25, 0.3) is 0 Å². The predicted octanol–water partition coefficient (Wildman–Crippen LogP) is 3.58. The van der Waals surface area contributed by atoms with Crippen LogP contribution in [0.4, 0.5) is 10.1 Å². The van der Waals surface area contributed by atoms with Gasteiger partial charge in [0, 0.05) is 13.0 Å². The predicted molar refractivity (Wildman–Crippen MR) is 59.4 cm³/mol. The van der Waals surface area contributed by atoms with E-state index in [1.807, 2.05) is 0 Å². The van der Waals surface area contributed by atoms with Crippen LogP contribution in [0, 0.1) is 17.1 Å². The third kappa shape index (κ3) is 3.77. The van der Waals surface area contributed by atoms with Gasteiger partial charge in [-0.25, -0.2) is 4.39 Å². The molecule has 1 rings (SSSR count). The zero-order valence-electron chi connectivity index (χ0n) is 8.26. The van der Waals surface area contributed by atoms with Gasteiger partial charge < -0.3 is 5.32 Å². The second-order valence-corrected chi connectivity index (χ2v) is 3.55. The SMILES string of the molecule is N#CCCCCNc1c(F)cccc1Cl. The van der Waals surface area contributed by atoms with Gasteiger partial charge in [0.1, 0.15) is 5.82 Å². The molecule has 0 fully saturated rings. The lowest BCUT2D eigenvalue weighted by Crippen LogP contribution is -2.03. The van der Waals surface area contributed by atoms with Crippen LogP contribution >= 0.6 is 11.6 Å². The Balaban J connectivity index is 2.41. The lowest BCUT2D eigenvalue weighted by Gasteiger charge is -2.08. The van der Waals surface area contributed by atoms with E-state index in [4.69, 9.17) is 16.9 Å². The topological polar surface area (TPSA) is 35.8 Å². The molecule has 0 amide bonds. The van der Waals surface area contributed by atoms with Crippen molar-refractivity contribution in [2.45, 2.75) is 19.3 Å². The van der Waals surface area contributed by atoms with Gasteiger partial charge in [-0.3, -0.25) is 0 Å². The molecule has 1 N–H and O–H groups in total. The number of unbranched alkanes of at least 4 members (excludes halogenated alkanes) is 2. The molecule has 4 heteroatoms. The highest BCUT2D eigenvalue weighted by atomic mass is 35.5. The van der Waals surface area contributed by atoms with Gasteiger partial charge in [-0.15, -0.1) is 0 Å². The van der Waals surface area contributed by atoms with Crippen LogP contribution in [0.15, 0.2) is 18.2 Å². The van der Waals surface area contributed by atoms with Crippen molar-refractivity contribution in [2.24, 2.45) is 0 Å². The molecule has 0 aliphatic rings. The first-order valence-corrected chi connectivity index (χ1v) is 5.18. The fraction of sp³-hybridized carbons (Fsp3) is 0.364. The highest BCUT2D eigenvalue weighted by molar-refractivity contribution is 6.33. The molecule has 0 atom stereocenters. The summed E-state index contributed by atoms with van der Waals surface area (Å²) < 4.78 is 13.2. The van der Waals surface area contributed by atoms with Gasteiger partial charge in [0.2, 0.25) is 0 Å². The number of rotatable bonds is 5. The number of anilines is 1. The van der Waals surface area contributed by atoms with Crippen LogP contribution in [-0.4, -0.2) is 6.54 Å². The molecule has 0 saturated carbocycles. The summed E-state index contributed by atoms with van der Waals surface area (Å²) in [5.41, 5.74) is 0.344. The summed E-state index contributed by atoms with van der Waals surface area (Å²) in [5, 5.41) is 11.6. The Kier molecular flexibility index (Phi) is 4.92. The fourth-order valence-electron chi connectivity index (χ4n) is 1.21. The molecule has 0 aromatic heterocycles. The number of benzene rings is 1. The van der Waals surface area contributed by atoms with Crippen molar-refractivity contribution in [3.05, 3.63) is 29.0 Å². The number of nitrogens with zero attached hydrogens (tertiary/aromatic N) is 1. The van der Waals surface area contributed by atoms with Gasteiger partial charge in [-0.05, 0) is 25.0 Å². The number of hydrogen-bond donors (Lipinski definition) is 1. The standard InChI is InChI=1S/C11H12ClFN2/c12-9-5-4-6-10(13)11(9)15-8-3-1-2-7-14/h4-6,15H,1-3,8H2. The van der Waals surface area contributed by atoms with Gasteiger partial charge in [-0.2, -0.15) is 5.26 Å². The summed E-state index contributed by atoms with van der Waals surface area (Å²) in [6.45, 7) is 0.627. The van der Waals surface area contributed by atoms with E-state index in [9.17, 15) is 4.39 Å². The molecule has 1 aromatic rings. The largest absolute Gasteiger partial charge is 0.381 e. The molecule has 0 saturated heterocycles. The Hall–Kier alpha value is -1.27. The monoisotopic (exact) mass is 226 g/mol. The van der Waals surface area contributed by atoms with Crippen molar-refractivity contribution in [3.8, 4) is 6.07 Å². The average Bonchev–Trinajstić information content (AvgIpc) is 2.21. The summed E-state index contributed by atoms with van der Waals surface area (Å²) in [6.07, 6.45) is 2.18. The van der Waals surface area contributed by atoms with E-state index in [-0.39, 0.29) is 5.82 Å². The lowest BCUT2D eigenvalue weighted by molar-refractivity contribution is 0.629. The zero-order chi connectivity index (χ0) is 11.1. The van der Waals surface area contributed by atoms with Gasteiger partial charge >= 0.3 is 0 Å². The van der Waals surface area contributed by atoms with Crippen molar-refractivity contribution in [2.75, 3.05) is 11.9 Å². The minimum absolute atomic E-state index is 0.344. The first-order chi connectivity index (χ1) is 7.25. The second kappa shape index (κ2) is 6.26. The third-order valence-corrected chi connectivity index (χ3v) is 2.29. The molecule has 0 radical (unpaired) electrons. The summed E-state index contributed by atoms with van der Waals surface area (Å²) in [7, 11) is 0. The van der Waals surface area contributed by atoms with Crippen LogP contribution in [0.2, 0.25) is 5.02 Å². The van der Waals surface area contributed by atoms with E-state index in [2.05, 4.69) is 11.4 Å². The van der Waals surface area contributed by atoms with Crippen LogP contribution in [0.3, 0.4) is 0 Å². The van der Waals surface area contributed by atoms with Crippen LogP contribution in [0.25, 0.3) is 0 Å². The van der Waals surface area contributed by atoms with Crippen molar-refractivity contribution >= 4 is 17.3 Å². The molecule has 0 heterocycles. The third-order valence-electron chi connectivity index (χ3n) is 1.98. The maximum atomic E-state index is 13.2. The Labute approximate surface area is 93.7 Å². The van der Waals surface area contributed by atoms with Crippen molar-refractivity contribution in [3.63, 3.8) is 0 Å². The molecule has 0 aliphatic heterocycles. The normalized spacial score (nSPS) is 9.67. The molecule has 1 aromatic carbocycles. The van der Waals surface area contributed by atoms with Crippen molar-refractivity contribution < 1.29 is 4.39 Å². The van der Waals surface area contributed by atoms with E-state index in [0.717, 1.165) is 12.8 Å². The summed E-state index contributed by atoms with van der Waals surface area (Å²) in [5.74, 6) is -0.345.